The molecule has 2 heterocycles. The van der Waals surface area contributed by atoms with E-state index in [-0.39, 0.29) is 0 Å². The summed E-state index contributed by atoms with van der Waals surface area (Å²) >= 11 is 0. The molecule has 0 radical (unpaired) electrons. The minimum atomic E-state index is -1.42. The maximum Gasteiger partial charge on any atom is 0.119 e. The predicted molar refractivity (Wildman–Crippen MR) is 67.6 cm³/mol. The van der Waals surface area contributed by atoms with E-state index < -0.39 is 11.2 Å². The third kappa shape index (κ3) is 2.00. The van der Waals surface area contributed by atoms with Crippen molar-refractivity contribution >= 4 is 0 Å². The van der Waals surface area contributed by atoms with Crippen molar-refractivity contribution in [3.63, 3.8) is 0 Å². The molecule has 0 aliphatic heterocycles. The van der Waals surface area contributed by atoms with E-state index in [0.717, 1.165) is 0 Å². The highest BCUT2D eigenvalue weighted by Gasteiger charge is 2.44. The minimum Gasteiger partial charge on any atom is -0.382 e. The number of rotatable bonds is 3. The standard InChI is InChI=1S/C14H16N2O2/c1-13(17,11-3-7-15-8-4-11)14(2,18)12-5-9-16-10-6-12/h3-10,17-18H,1-2H3/t13-,14-/m1/s1. The normalized spacial score (nSPS) is 17.8. The number of hydrogen-bond donors (Lipinski definition) is 2. The molecule has 94 valence electrons. The Kier molecular flexibility index (Phi) is 3.15. The van der Waals surface area contributed by atoms with Crippen LogP contribution in [0, 0.1) is 0 Å². The van der Waals surface area contributed by atoms with Crippen molar-refractivity contribution in [1.29, 1.82) is 0 Å². The molecule has 2 N–H and O–H groups in total. The summed E-state index contributed by atoms with van der Waals surface area (Å²) in [6.45, 7) is 3.17. The van der Waals surface area contributed by atoms with Gasteiger partial charge >= 0.3 is 0 Å². The van der Waals surface area contributed by atoms with Crippen LogP contribution in [0.4, 0.5) is 0 Å². The Morgan fingerprint density at radius 3 is 1.28 bits per heavy atom. The topological polar surface area (TPSA) is 66.2 Å². The molecular formula is C14H16N2O2. The average molecular weight is 244 g/mol. The lowest BCUT2D eigenvalue weighted by Gasteiger charge is -2.39. The van der Waals surface area contributed by atoms with Crippen LogP contribution in [0.2, 0.25) is 0 Å². The summed E-state index contributed by atoms with van der Waals surface area (Å²) in [7, 11) is 0. The van der Waals surface area contributed by atoms with Gasteiger partial charge in [-0.15, -0.1) is 0 Å². The summed E-state index contributed by atoms with van der Waals surface area (Å²) in [5.74, 6) is 0. The summed E-state index contributed by atoms with van der Waals surface area (Å²) in [5, 5.41) is 21.3. The van der Waals surface area contributed by atoms with Gasteiger partial charge in [-0.2, -0.15) is 0 Å². The monoisotopic (exact) mass is 244 g/mol. The van der Waals surface area contributed by atoms with Crippen LogP contribution in [-0.4, -0.2) is 20.2 Å². The molecule has 0 fully saturated rings. The quantitative estimate of drug-likeness (QED) is 0.860. The zero-order valence-electron chi connectivity index (χ0n) is 10.4. The fraction of sp³-hybridized carbons (Fsp3) is 0.286. The second-order valence-corrected chi connectivity index (χ2v) is 4.62. The van der Waals surface area contributed by atoms with Gasteiger partial charge in [-0.3, -0.25) is 9.97 Å². The first-order valence-electron chi connectivity index (χ1n) is 5.72. The van der Waals surface area contributed by atoms with Gasteiger partial charge in [0.2, 0.25) is 0 Å². The molecule has 0 aromatic carbocycles. The molecule has 2 aromatic heterocycles. The van der Waals surface area contributed by atoms with Crippen LogP contribution < -0.4 is 0 Å². The zero-order valence-corrected chi connectivity index (χ0v) is 10.4. The van der Waals surface area contributed by atoms with Gasteiger partial charge in [-0.1, -0.05) is 0 Å². The molecule has 0 aliphatic rings. The number of pyridine rings is 2. The fourth-order valence-corrected chi connectivity index (χ4v) is 1.92. The van der Waals surface area contributed by atoms with Crippen LogP contribution >= 0.6 is 0 Å². The molecule has 0 saturated heterocycles. The smallest absolute Gasteiger partial charge is 0.119 e. The van der Waals surface area contributed by atoms with Crippen molar-refractivity contribution in [3.8, 4) is 0 Å². The van der Waals surface area contributed by atoms with Gasteiger partial charge in [0.25, 0.3) is 0 Å². The van der Waals surface area contributed by atoms with E-state index in [9.17, 15) is 10.2 Å². The Hall–Kier alpha value is -1.78. The van der Waals surface area contributed by atoms with Crippen molar-refractivity contribution in [3.05, 3.63) is 60.2 Å². The first-order chi connectivity index (χ1) is 8.46. The largest absolute Gasteiger partial charge is 0.382 e. The summed E-state index contributed by atoms with van der Waals surface area (Å²) in [6.07, 6.45) is 6.36. The van der Waals surface area contributed by atoms with Gasteiger partial charge in [0.1, 0.15) is 11.2 Å². The van der Waals surface area contributed by atoms with Crippen LogP contribution in [0.15, 0.2) is 49.1 Å². The third-order valence-electron chi connectivity index (χ3n) is 3.43. The van der Waals surface area contributed by atoms with Crippen molar-refractivity contribution in [2.24, 2.45) is 0 Å². The first-order valence-corrected chi connectivity index (χ1v) is 5.72. The minimum absolute atomic E-state index is 0.610. The van der Waals surface area contributed by atoms with Crippen molar-refractivity contribution in [2.75, 3.05) is 0 Å². The Morgan fingerprint density at radius 1 is 0.722 bits per heavy atom. The maximum absolute atomic E-state index is 10.7. The average Bonchev–Trinajstić information content (AvgIpc) is 2.40. The molecule has 0 amide bonds. The number of aliphatic hydroxyl groups is 2. The van der Waals surface area contributed by atoms with E-state index in [1.54, 1.807) is 62.9 Å². The van der Waals surface area contributed by atoms with E-state index in [2.05, 4.69) is 9.97 Å². The molecule has 0 bridgehead atoms. The number of nitrogens with zero attached hydrogens (tertiary/aromatic N) is 2. The van der Waals surface area contributed by atoms with E-state index >= 15 is 0 Å². The molecule has 0 unspecified atom stereocenters. The molecule has 0 spiro atoms. The molecule has 0 saturated carbocycles. The molecule has 4 nitrogen and oxygen atoms in total. The molecule has 4 heteroatoms. The lowest BCUT2D eigenvalue weighted by atomic mass is 9.76. The summed E-state index contributed by atoms with van der Waals surface area (Å²) in [4.78, 5) is 7.82. The van der Waals surface area contributed by atoms with E-state index in [4.69, 9.17) is 0 Å². The number of aromatic nitrogens is 2. The van der Waals surface area contributed by atoms with Crippen LogP contribution in [0.5, 0.6) is 0 Å². The van der Waals surface area contributed by atoms with Crippen LogP contribution in [0.25, 0.3) is 0 Å². The maximum atomic E-state index is 10.7. The summed E-state index contributed by atoms with van der Waals surface area (Å²) in [5.41, 5.74) is -1.62. The lowest BCUT2D eigenvalue weighted by molar-refractivity contribution is -0.143. The summed E-state index contributed by atoms with van der Waals surface area (Å²) < 4.78 is 0. The SMILES string of the molecule is C[C@@](O)(c1ccncc1)[C@](C)(O)c1ccncc1. The molecule has 2 aromatic rings. The highest BCUT2D eigenvalue weighted by molar-refractivity contribution is 5.30. The van der Waals surface area contributed by atoms with Crippen molar-refractivity contribution < 1.29 is 10.2 Å². The van der Waals surface area contributed by atoms with Gasteiger partial charge < -0.3 is 10.2 Å². The number of hydrogen-bond acceptors (Lipinski definition) is 4. The van der Waals surface area contributed by atoms with Crippen molar-refractivity contribution in [1.82, 2.24) is 9.97 Å². The molecular weight excluding hydrogens is 228 g/mol. The highest BCUT2D eigenvalue weighted by Crippen LogP contribution is 2.39. The first kappa shape index (κ1) is 12.7. The Bertz CT molecular complexity index is 460. The Labute approximate surface area is 106 Å². The van der Waals surface area contributed by atoms with E-state index in [0.29, 0.717) is 11.1 Å². The fourth-order valence-electron chi connectivity index (χ4n) is 1.92. The van der Waals surface area contributed by atoms with Gasteiger partial charge in [0.05, 0.1) is 0 Å². The Morgan fingerprint density at radius 2 is 1.00 bits per heavy atom. The molecule has 2 rings (SSSR count). The van der Waals surface area contributed by atoms with Gasteiger partial charge in [0.15, 0.2) is 0 Å². The second-order valence-electron chi connectivity index (χ2n) is 4.62. The third-order valence-corrected chi connectivity index (χ3v) is 3.43. The molecule has 0 aliphatic carbocycles. The highest BCUT2D eigenvalue weighted by atomic mass is 16.4. The summed E-state index contributed by atoms with van der Waals surface area (Å²) in [6, 6.07) is 6.76. The van der Waals surface area contributed by atoms with Crippen LogP contribution in [0.1, 0.15) is 25.0 Å². The van der Waals surface area contributed by atoms with Crippen LogP contribution in [0.3, 0.4) is 0 Å². The van der Waals surface area contributed by atoms with Gasteiger partial charge in [-0.25, -0.2) is 0 Å². The van der Waals surface area contributed by atoms with E-state index in [1.165, 1.54) is 0 Å². The predicted octanol–water partition coefficient (Wildman–Crippen LogP) is 1.59. The Balaban J connectivity index is 2.47. The van der Waals surface area contributed by atoms with E-state index in [1.807, 2.05) is 0 Å². The molecule has 2 atom stereocenters. The zero-order chi connectivity index (χ0) is 13.2. The molecule has 18 heavy (non-hydrogen) atoms. The van der Waals surface area contributed by atoms with Crippen molar-refractivity contribution in [2.45, 2.75) is 25.0 Å². The van der Waals surface area contributed by atoms with Crippen LogP contribution in [-0.2, 0) is 11.2 Å². The second kappa shape index (κ2) is 4.48. The lowest BCUT2D eigenvalue weighted by Crippen LogP contribution is -2.45. The van der Waals surface area contributed by atoms with Gasteiger partial charge in [-0.05, 0) is 49.2 Å². The van der Waals surface area contributed by atoms with Gasteiger partial charge in [0, 0.05) is 24.8 Å².